The number of anilines is 1. The molecule has 1 aromatic heterocycles. The molecule has 0 unspecified atom stereocenters. The van der Waals surface area contributed by atoms with Gasteiger partial charge >= 0.3 is 0 Å². The van der Waals surface area contributed by atoms with Gasteiger partial charge in [-0.15, -0.1) is 0 Å². The molecule has 0 radical (unpaired) electrons. The molecule has 0 saturated carbocycles. The number of ketones is 1. The summed E-state index contributed by atoms with van der Waals surface area (Å²) in [5, 5.41) is 0.447. The number of rotatable bonds is 1. The van der Waals surface area contributed by atoms with Gasteiger partial charge in [-0.3, -0.25) is 4.79 Å². The van der Waals surface area contributed by atoms with Crippen LogP contribution in [0.1, 0.15) is 30.4 Å². The molecule has 1 heterocycles. The van der Waals surface area contributed by atoms with Gasteiger partial charge in [0.05, 0.1) is 11.1 Å². The van der Waals surface area contributed by atoms with Crippen molar-refractivity contribution in [3.05, 3.63) is 11.1 Å². The molecule has 3 nitrogen and oxygen atoms in total. The van der Waals surface area contributed by atoms with Crippen LogP contribution in [-0.2, 0) is 0 Å². The fraction of sp³-hybridized carbons (Fsp3) is 0.500. The van der Waals surface area contributed by atoms with Gasteiger partial charge in [-0.25, -0.2) is 4.98 Å². The van der Waals surface area contributed by atoms with Crippen LogP contribution in [0.2, 0.25) is 0 Å². The number of thiazole rings is 1. The minimum absolute atomic E-state index is 0.0942. The third-order valence-corrected chi connectivity index (χ3v) is 2.25. The monoisotopic (exact) mass is 184 g/mol. The normalized spacial score (nSPS) is 11.6. The van der Waals surface area contributed by atoms with E-state index in [-0.39, 0.29) is 11.2 Å². The van der Waals surface area contributed by atoms with Gasteiger partial charge in [-0.05, 0) is 0 Å². The predicted octanol–water partition coefficient (Wildman–Crippen LogP) is 1.95. The van der Waals surface area contributed by atoms with Crippen LogP contribution >= 0.6 is 11.3 Å². The topological polar surface area (TPSA) is 56.0 Å². The zero-order chi connectivity index (χ0) is 9.35. The van der Waals surface area contributed by atoms with Crippen molar-refractivity contribution in [2.45, 2.75) is 20.8 Å². The fourth-order valence-corrected chi connectivity index (χ4v) is 1.60. The van der Waals surface area contributed by atoms with Crippen LogP contribution in [0.25, 0.3) is 0 Å². The lowest BCUT2D eigenvalue weighted by atomic mass is 9.90. The van der Waals surface area contributed by atoms with Gasteiger partial charge in [0.2, 0.25) is 0 Å². The van der Waals surface area contributed by atoms with Crippen molar-refractivity contribution in [2.24, 2.45) is 5.41 Å². The van der Waals surface area contributed by atoms with Crippen molar-refractivity contribution in [3.63, 3.8) is 0 Å². The molecule has 0 saturated heterocycles. The summed E-state index contributed by atoms with van der Waals surface area (Å²) in [6, 6.07) is 0. The summed E-state index contributed by atoms with van der Waals surface area (Å²) >= 11 is 1.24. The van der Waals surface area contributed by atoms with E-state index in [0.717, 1.165) is 0 Å². The maximum Gasteiger partial charge on any atom is 0.180 e. The number of carbonyl (C=O) groups excluding carboxylic acids is 1. The Morgan fingerprint density at radius 2 is 2.17 bits per heavy atom. The van der Waals surface area contributed by atoms with Crippen molar-refractivity contribution in [1.82, 2.24) is 4.98 Å². The Bertz CT molecular complexity index is 298. The van der Waals surface area contributed by atoms with Gasteiger partial charge in [0, 0.05) is 5.41 Å². The molecule has 66 valence electrons. The Kier molecular flexibility index (Phi) is 2.19. The van der Waals surface area contributed by atoms with Gasteiger partial charge in [0.1, 0.15) is 0 Å². The highest BCUT2D eigenvalue weighted by Gasteiger charge is 2.24. The van der Waals surface area contributed by atoms with Crippen molar-refractivity contribution < 1.29 is 4.79 Å². The van der Waals surface area contributed by atoms with E-state index in [1.54, 1.807) is 0 Å². The number of nitrogens with two attached hydrogens (primary N) is 1. The van der Waals surface area contributed by atoms with Crippen LogP contribution in [0.15, 0.2) is 6.20 Å². The minimum Gasteiger partial charge on any atom is -0.375 e. The predicted molar refractivity (Wildman–Crippen MR) is 50.3 cm³/mol. The van der Waals surface area contributed by atoms with Crippen molar-refractivity contribution in [3.8, 4) is 0 Å². The van der Waals surface area contributed by atoms with E-state index in [2.05, 4.69) is 4.98 Å². The third kappa shape index (κ3) is 1.82. The van der Waals surface area contributed by atoms with Gasteiger partial charge in [-0.1, -0.05) is 32.1 Å². The number of nitrogen functional groups attached to an aromatic ring is 1. The van der Waals surface area contributed by atoms with Crippen LogP contribution in [0.5, 0.6) is 0 Å². The molecule has 0 aliphatic heterocycles. The third-order valence-electron chi connectivity index (χ3n) is 1.43. The van der Waals surface area contributed by atoms with E-state index in [4.69, 9.17) is 5.73 Å². The minimum atomic E-state index is -0.348. The summed E-state index contributed by atoms with van der Waals surface area (Å²) in [7, 11) is 0. The van der Waals surface area contributed by atoms with Gasteiger partial charge < -0.3 is 5.73 Å². The summed E-state index contributed by atoms with van der Waals surface area (Å²) in [6.07, 6.45) is 1.54. The zero-order valence-electron chi connectivity index (χ0n) is 7.42. The summed E-state index contributed by atoms with van der Waals surface area (Å²) in [5.41, 5.74) is 5.07. The average molecular weight is 184 g/mol. The first-order valence-corrected chi connectivity index (χ1v) is 4.49. The number of carbonyl (C=O) groups is 1. The number of hydrogen-bond acceptors (Lipinski definition) is 4. The second-order valence-corrected chi connectivity index (χ2v) is 4.70. The van der Waals surface area contributed by atoms with E-state index in [1.165, 1.54) is 17.5 Å². The second-order valence-electron chi connectivity index (χ2n) is 3.64. The molecule has 2 N–H and O–H groups in total. The summed E-state index contributed by atoms with van der Waals surface area (Å²) < 4.78 is 0. The number of Topliss-reactive ketones (excluding diaryl/α,β-unsaturated/α-hetero) is 1. The molecule has 0 bridgehead atoms. The van der Waals surface area contributed by atoms with Crippen molar-refractivity contribution in [2.75, 3.05) is 5.73 Å². The molecule has 12 heavy (non-hydrogen) atoms. The van der Waals surface area contributed by atoms with E-state index in [1.807, 2.05) is 20.8 Å². The Hall–Kier alpha value is -0.900. The lowest BCUT2D eigenvalue weighted by Crippen LogP contribution is -2.18. The Labute approximate surface area is 75.6 Å². The molecule has 0 aliphatic rings. The fourth-order valence-electron chi connectivity index (χ4n) is 0.762. The molecule has 0 fully saturated rings. The molecule has 0 spiro atoms. The standard InChI is InChI=1S/C8H12N2OS/c1-8(2,3)6(11)5-4-10-7(9)12-5/h4H,1-3H3,(H2,9,10). The number of aromatic nitrogens is 1. The molecule has 1 rings (SSSR count). The molecular weight excluding hydrogens is 172 g/mol. The molecule has 4 heteroatoms. The second kappa shape index (κ2) is 2.86. The van der Waals surface area contributed by atoms with E-state index < -0.39 is 0 Å². The van der Waals surface area contributed by atoms with E-state index in [9.17, 15) is 4.79 Å². The molecule has 0 atom stereocenters. The van der Waals surface area contributed by atoms with E-state index in [0.29, 0.717) is 10.0 Å². The van der Waals surface area contributed by atoms with Crippen LogP contribution in [0.4, 0.5) is 5.13 Å². The van der Waals surface area contributed by atoms with Gasteiger partial charge in [0.15, 0.2) is 10.9 Å². The summed E-state index contributed by atoms with van der Waals surface area (Å²) in [6.45, 7) is 5.64. The SMILES string of the molecule is CC(C)(C)C(=O)c1cnc(N)s1. The maximum absolute atomic E-state index is 11.6. The highest BCUT2D eigenvalue weighted by Crippen LogP contribution is 2.25. The molecule has 0 aromatic carbocycles. The highest BCUT2D eigenvalue weighted by molar-refractivity contribution is 7.17. The van der Waals surface area contributed by atoms with E-state index >= 15 is 0 Å². The van der Waals surface area contributed by atoms with Crippen LogP contribution in [-0.4, -0.2) is 10.8 Å². The van der Waals surface area contributed by atoms with Gasteiger partial charge in [0.25, 0.3) is 0 Å². The number of hydrogen-bond donors (Lipinski definition) is 1. The average Bonchev–Trinajstić information content (AvgIpc) is 2.32. The quantitative estimate of drug-likeness (QED) is 0.679. The first-order valence-electron chi connectivity index (χ1n) is 3.67. The lowest BCUT2D eigenvalue weighted by Gasteiger charge is -2.14. The molecule has 1 aromatic rings. The van der Waals surface area contributed by atoms with Crippen LogP contribution < -0.4 is 5.73 Å². The highest BCUT2D eigenvalue weighted by atomic mass is 32.1. The molecular formula is C8H12N2OS. The summed E-state index contributed by atoms with van der Waals surface area (Å²) in [5.74, 6) is 0.0942. The molecule has 0 amide bonds. The van der Waals surface area contributed by atoms with Crippen molar-refractivity contribution in [1.29, 1.82) is 0 Å². The number of nitrogens with zero attached hydrogens (tertiary/aromatic N) is 1. The van der Waals surface area contributed by atoms with Crippen molar-refractivity contribution >= 4 is 22.3 Å². The first kappa shape index (κ1) is 9.19. The zero-order valence-corrected chi connectivity index (χ0v) is 8.23. The summed E-state index contributed by atoms with van der Waals surface area (Å²) in [4.78, 5) is 16.1. The largest absolute Gasteiger partial charge is 0.375 e. The van der Waals surface area contributed by atoms with Gasteiger partial charge in [-0.2, -0.15) is 0 Å². The maximum atomic E-state index is 11.6. The molecule has 0 aliphatic carbocycles. The Balaban J connectivity index is 2.93. The van der Waals surface area contributed by atoms with Crippen LogP contribution in [0, 0.1) is 5.41 Å². The smallest absolute Gasteiger partial charge is 0.180 e. The Morgan fingerprint density at radius 3 is 2.50 bits per heavy atom. The lowest BCUT2D eigenvalue weighted by molar-refractivity contribution is 0.0862. The van der Waals surface area contributed by atoms with Crippen LogP contribution in [0.3, 0.4) is 0 Å². The first-order chi connectivity index (χ1) is 5.41. The Morgan fingerprint density at radius 1 is 1.58 bits per heavy atom.